The summed E-state index contributed by atoms with van der Waals surface area (Å²) in [6.07, 6.45) is 1.09. The average molecular weight is 242 g/mol. The Bertz CT molecular complexity index is 494. The molecule has 2 rings (SSSR count). The smallest absolute Gasteiger partial charge is 0.126 e. The maximum Gasteiger partial charge on any atom is 0.126 e. The molecule has 0 aliphatic heterocycles. The standard InChI is InChI=1S/C15H18N2O/c1-3-11-16-15-6-4-5-14(17-15)12-7-9-13(18-2)10-8-12/h4-10H,3,11H2,1-2H3,(H,16,17). The van der Waals surface area contributed by atoms with Gasteiger partial charge in [-0.2, -0.15) is 0 Å². The minimum atomic E-state index is 0.860. The normalized spacial score (nSPS) is 10.1. The van der Waals surface area contributed by atoms with Crippen molar-refractivity contribution in [3.05, 3.63) is 42.5 Å². The SMILES string of the molecule is CCCNc1cccc(-c2ccc(OC)cc2)n1. The lowest BCUT2D eigenvalue weighted by molar-refractivity contribution is 0.415. The lowest BCUT2D eigenvalue weighted by atomic mass is 10.1. The summed E-state index contributed by atoms with van der Waals surface area (Å²) in [7, 11) is 1.67. The summed E-state index contributed by atoms with van der Waals surface area (Å²) < 4.78 is 5.15. The molecule has 94 valence electrons. The van der Waals surface area contributed by atoms with E-state index in [1.807, 2.05) is 42.5 Å². The van der Waals surface area contributed by atoms with Crippen LogP contribution in [0.5, 0.6) is 5.75 Å². The molecule has 0 spiro atoms. The van der Waals surface area contributed by atoms with E-state index in [2.05, 4.69) is 17.2 Å². The summed E-state index contributed by atoms with van der Waals surface area (Å²) in [6, 6.07) is 14.0. The van der Waals surface area contributed by atoms with E-state index >= 15 is 0 Å². The quantitative estimate of drug-likeness (QED) is 0.870. The van der Waals surface area contributed by atoms with Crippen molar-refractivity contribution in [3.63, 3.8) is 0 Å². The maximum absolute atomic E-state index is 5.15. The largest absolute Gasteiger partial charge is 0.497 e. The van der Waals surface area contributed by atoms with Crippen molar-refractivity contribution < 1.29 is 4.74 Å². The monoisotopic (exact) mass is 242 g/mol. The summed E-state index contributed by atoms with van der Waals surface area (Å²) in [6.45, 7) is 3.08. The van der Waals surface area contributed by atoms with E-state index in [9.17, 15) is 0 Å². The molecule has 1 heterocycles. The van der Waals surface area contributed by atoms with Gasteiger partial charge in [0.25, 0.3) is 0 Å². The lowest BCUT2D eigenvalue weighted by Gasteiger charge is -2.07. The van der Waals surface area contributed by atoms with Crippen LogP contribution < -0.4 is 10.1 Å². The second-order valence-electron chi connectivity index (χ2n) is 4.06. The van der Waals surface area contributed by atoms with Crippen molar-refractivity contribution in [3.8, 4) is 17.0 Å². The second-order valence-corrected chi connectivity index (χ2v) is 4.06. The number of aromatic nitrogens is 1. The van der Waals surface area contributed by atoms with Gasteiger partial charge in [-0.15, -0.1) is 0 Å². The summed E-state index contributed by atoms with van der Waals surface area (Å²) in [5.74, 6) is 1.78. The molecule has 0 bridgehead atoms. The summed E-state index contributed by atoms with van der Waals surface area (Å²) in [5, 5.41) is 3.29. The number of nitrogens with zero attached hydrogens (tertiary/aromatic N) is 1. The lowest BCUT2D eigenvalue weighted by Crippen LogP contribution is -2.01. The van der Waals surface area contributed by atoms with Crippen LogP contribution in [0.4, 0.5) is 5.82 Å². The number of ether oxygens (including phenoxy) is 1. The number of anilines is 1. The molecule has 1 N–H and O–H groups in total. The average Bonchev–Trinajstić information content (AvgIpc) is 2.45. The molecule has 0 saturated carbocycles. The van der Waals surface area contributed by atoms with Gasteiger partial charge in [-0.05, 0) is 42.8 Å². The minimum absolute atomic E-state index is 0.860. The van der Waals surface area contributed by atoms with Crippen LogP contribution in [-0.4, -0.2) is 18.6 Å². The van der Waals surface area contributed by atoms with Crippen LogP contribution >= 0.6 is 0 Å². The molecule has 0 radical (unpaired) electrons. The Kier molecular flexibility index (Phi) is 4.18. The van der Waals surface area contributed by atoms with Gasteiger partial charge in [0.05, 0.1) is 12.8 Å². The molecule has 3 nitrogen and oxygen atoms in total. The maximum atomic E-state index is 5.15. The van der Waals surface area contributed by atoms with Crippen LogP contribution in [0.1, 0.15) is 13.3 Å². The Morgan fingerprint density at radius 1 is 1.11 bits per heavy atom. The topological polar surface area (TPSA) is 34.1 Å². The highest BCUT2D eigenvalue weighted by Crippen LogP contribution is 2.21. The number of nitrogens with one attached hydrogen (secondary N) is 1. The number of hydrogen-bond donors (Lipinski definition) is 1. The minimum Gasteiger partial charge on any atom is -0.497 e. The Morgan fingerprint density at radius 2 is 1.89 bits per heavy atom. The molecule has 0 aliphatic rings. The molecular weight excluding hydrogens is 224 g/mol. The Labute approximate surface area is 108 Å². The Morgan fingerprint density at radius 3 is 2.56 bits per heavy atom. The molecule has 18 heavy (non-hydrogen) atoms. The number of benzene rings is 1. The van der Waals surface area contributed by atoms with Crippen LogP contribution in [-0.2, 0) is 0 Å². The fourth-order valence-corrected chi connectivity index (χ4v) is 1.71. The van der Waals surface area contributed by atoms with Crippen LogP contribution in [0.25, 0.3) is 11.3 Å². The molecule has 0 unspecified atom stereocenters. The molecule has 0 aliphatic carbocycles. The predicted molar refractivity (Wildman–Crippen MR) is 75.0 cm³/mol. The molecule has 1 aromatic carbocycles. The van der Waals surface area contributed by atoms with Gasteiger partial charge >= 0.3 is 0 Å². The molecular formula is C15H18N2O. The first-order valence-electron chi connectivity index (χ1n) is 6.19. The van der Waals surface area contributed by atoms with Crippen LogP contribution in [0, 0.1) is 0 Å². The first-order chi connectivity index (χ1) is 8.83. The van der Waals surface area contributed by atoms with E-state index in [4.69, 9.17) is 4.74 Å². The summed E-state index contributed by atoms with van der Waals surface area (Å²) in [4.78, 5) is 4.58. The van der Waals surface area contributed by atoms with Gasteiger partial charge in [-0.3, -0.25) is 0 Å². The third-order valence-corrected chi connectivity index (χ3v) is 2.69. The van der Waals surface area contributed by atoms with E-state index in [1.54, 1.807) is 7.11 Å². The van der Waals surface area contributed by atoms with E-state index in [1.165, 1.54) is 0 Å². The van der Waals surface area contributed by atoms with Crippen LogP contribution in [0.3, 0.4) is 0 Å². The van der Waals surface area contributed by atoms with Crippen molar-refractivity contribution in [2.24, 2.45) is 0 Å². The molecule has 0 amide bonds. The summed E-state index contributed by atoms with van der Waals surface area (Å²) in [5.41, 5.74) is 2.06. The highest BCUT2D eigenvalue weighted by atomic mass is 16.5. The Balaban J connectivity index is 2.20. The van der Waals surface area contributed by atoms with E-state index in [-0.39, 0.29) is 0 Å². The fraction of sp³-hybridized carbons (Fsp3) is 0.267. The molecule has 1 aromatic heterocycles. The zero-order valence-electron chi connectivity index (χ0n) is 10.8. The second kappa shape index (κ2) is 6.05. The van der Waals surface area contributed by atoms with Crippen molar-refractivity contribution in [2.45, 2.75) is 13.3 Å². The molecule has 0 saturated heterocycles. The molecule has 2 aromatic rings. The Hall–Kier alpha value is -2.03. The fourth-order valence-electron chi connectivity index (χ4n) is 1.71. The highest BCUT2D eigenvalue weighted by Gasteiger charge is 2.01. The van der Waals surface area contributed by atoms with E-state index in [0.717, 1.165) is 35.8 Å². The van der Waals surface area contributed by atoms with Crippen LogP contribution in [0.2, 0.25) is 0 Å². The molecule has 3 heteroatoms. The van der Waals surface area contributed by atoms with Crippen molar-refractivity contribution in [1.29, 1.82) is 0 Å². The number of pyridine rings is 1. The number of rotatable bonds is 5. The first kappa shape index (κ1) is 12.4. The van der Waals surface area contributed by atoms with Crippen LogP contribution in [0.15, 0.2) is 42.5 Å². The van der Waals surface area contributed by atoms with Gasteiger partial charge in [-0.1, -0.05) is 13.0 Å². The third kappa shape index (κ3) is 3.00. The van der Waals surface area contributed by atoms with Gasteiger partial charge in [-0.25, -0.2) is 4.98 Å². The summed E-state index contributed by atoms with van der Waals surface area (Å²) >= 11 is 0. The van der Waals surface area contributed by atoms with Crippen molar-refractivity contribution in [1.82, 2.24) is 4.98 Å². The number of methoxy groups -OCH3 is 1. The van der Waals surface area contributed by atoms with Gasteiger partial charge in [0, 0.05) is 12.1 Å². The van der Waals surface area contributed by atoms with Gasteiger partial charge in [0.2, 0.25) is 0 Å². The molecule has 0 atom stereocenters. The van der Waals surface area contributed by atoms with Crippen molar-refractivity contribution in [2.75, 3.05) is 19.0 Å². The van der Waals surface area contributed by atoms with Gasteiger partial charge in [0.1, 0.15) is 11.6 Å². The number of hydrogen-bond acceptors (Lipinski definition) is 3. The van der Waals surface area contributed by atoms with Crippen molar-refractivity contribution >= 4 is 5.82 Å². The van der Waals surface area contributed by atoms with Gasteiger partial charge < -0.3 is 10.1 Å². The first-order valence-corrected chi connectivity index (χ1v) is 6.19. The third-order valence-electron chi connectivity index (χ3n) is 2.69. The predicted octanol–water partition coefficient (Wildman–Crippen LogP) is 3.58. The molecule has 0 fully saturated rings. The van der Waals surface area contributed by atoms with E-state index in [0.29, 0.717) is 0 Å². The van der Waals surface area contributed by atoms with Gasteiger partial charge in [0.15, 0.2) is 0 Å². The highest BCUT2D eigenvalue weighted by molar-refractivity contribution is 5.62. The van der Waals surface area contributed by atoms with E-state index < -0.39 is 0 Å². The zero-order valence-corrected chi connectivity index (χ0v) is 10.8. The zero-order chi connectivity index (χ0) is 12.8.